The summed E-state index contributed by atoms with van der Waals surface area (Å²) in [6, 6.07) is 15.2. The molecule has 0 unspecified atom stereocenters. The predicted octanol–water partition coefficient (Wildman–Crippen LogP) is 4.17. The van der Waals surface area contributed by atoms with E-state index in [1.165, 1.54) is 12.8 Å². The van der Waals surface area contributed by atoms with Crippen molar-refractivity contribution >= 4 is 16.9 Å². The van der Waals surface area contributed by atoms with Crippen molar-refractivity contribution in [2.75, 3.05) is 7.11 Å². The zero-order chi connectivity index (χ0) is 18.4. The minimum absolute atomic E-state index is 0.111. The lowest BCUT2D eigenvalue weighted by Crippen LogP contribution is -2.24. The van der Waals surface area contributed by atoms with Gasteiger partial charge in [-0.15, -0.1) is 0 Å². The monoisotopic (exact) mass is 351 g/mol. The van der Waals surface area contributed by atoms with Gasteiger partial charge in [0.2, 0.25) is 0 Å². The number of para-hydroxylation sites is 2. The number of carbonyl (C=O) groups excluding carboxylic acids is 1. The molecular formula is C21H25N3O2. The molecule has 1 aromatic heterocycles. The maximum absolute atomic E-state index is 12.4. The number of aryl methyl sites for hydroxylation is 1. The Labute approximate surface area is 154 Å². The van der Waals surface area contributed by atoms with Crippen LogP contribution >= 0.6 is 0 Å². The summed E-state index contributed by atoms with van der Waals surface area (Å²) in [5, 5.41) is 2.98. The maximum atomic E-state index is 12.4. The van der Waals surface area contributed by atoms with Crippen molar-refractivity contribution in [1.29, 1.82) is 0 Å². The third-order valence-electron chi connectivity index (χ3n) is 4.48. The number of rotatable bonds is 8. The molecular weight excluding hydrogens is 326 g/mol. The van der Waals surface area contributed by atoms with E-state index in [1.807, 2.05) is 18.2 Å². The predicted molar refractivity (Wildman–Crippen MR) is 103 cm³/mol. The first-order chi connectivity index (χ1) is 12.7. The zero-order valence-electron chi connectivity index (χ0n) is 15.4. The molecule has 0 fully saturated rings. The minimum atomic E-state index is -0.111. The molecule has 0 saturated carbocycles. The number of benzene rings is 2. The first-order valence-corrected chi connectivity index (χ1v) is 9.09. The largest absolute Gasteiger partial charge is 0.497 e. The summed E-state index contributed by atoms with van der Waals surface area (Å²) in [7, 11) is 1.61. The highest BCUT2D eigenvalue weighted by atomic mass is 16.5. The molecule has 3 aromatic rings. The molecule has 136 valence electrons. The lowest BCUT2D eigenvalue weighted by atomic mass is 10.2. The van der Waals surface area contributed by atoms with E-state index in [0.717, 1.165) is 35.6 Å². The van der Waals surface area contributed by atoms with Crippen molar-refractivity contribution in [1.82, 2.24) is 14.9 Å². The van der Waals surface area contributed by atoms with Crippen LogP contribution in [0.1, 0.15) is 42.4 Å². The topological polar surface area (TPSA) is 56.2 Å². The van der Waals surface area contributed by atoms with Crippen molar-refractivity contribution in [3.05, 3.63) is 59.9 Å². The van der Waals surface area contributed by atoms with Crippen molar-refractivity contribution in [3.8, 4) is 5.75 Å². The SMILES string of the molecule is CCCCCn1c(CNC(=O)c2ccc(OC)cc2)nc2ccccc21. The lowest BCUT2D eigenvalue weighted by molar-refractivity contribution is 0.0949. The van der Waals surface area contributed by atoms with Crippen molar-refractivity contribution in [2.24, 2.45) is 0 Å². The highest BCUT2D eigenvalue weighted by Crippen LogP contribution is 2.17. The molecule has 1 heterocycles. The second-order valence-corrected chi connectivity index (χ2v) is 6.29. The van der Waals surface area contributed by atoms with E-state index in [0.29, 0.717) is 12.1 Å². The van der Waals surface area contributed by atoms with Crippen LogP contribution in [0.2, 0.25) is 0 Å². The number of carbonyl (C=O) groups is 1. The van der Waals surface area contributed by atoms with Gasteiger partial charge >= 0.3 is 0 Å². The van der Waals surface area contributed by atoms with Crippen LogP contribution in [0.3, 0.4) is 0 Å². The number of ether oxygens (including phenoxy) is 1. The van der Waals surface area contributed by atoms with Gasteiger partial charge in [0.05, 0.1) is 24.7 Å². The van der Waals surface area contributed by atoms with E-state index >= 15 is 0 Å². The van der Waals surface area contributed by atoms with Gasteiger partial charge in [-0.25, -0.2) is 4.98 Å². The van der Waals surface area contributed by atoms with Crippen LogP contribution in [0.5, 0.6) is 5.75 Å². The Hall–Kier alpha value is -2.82. The maximum Gasteiger partial charge on any atom is 0.251 e. The van der Waals surface area contributed by atoms with Crippen LogP contribution in [-0.2, 0) is 13.1 Å². The van der Waals surface area contributed by atoms with Crippen molar-refractivity contribution in [2.45, 2.75) is 39.3 Å². The second kappa shape index (κ2) is 8.52. The van der Waals surface area contributed by atoms with E-state index in [9.17, 15) is 4.79 Å². The Morgan fingerprint density at radius 1 is 1.12 bits per heavy atom. The van der Waals surface area contributed by atoms with Crippen LogP contribution in [0.4, 0.5) is 0 Å². The zero-order valence-corrected chi connectivity index (χ0v) is 15.4. The van der Waals surface area contributed by atoms with Gasteiger partial charge in [-0.05, 0) is 42.8 Å². The fourth-order valence-corrected chi connectivity index (χ4v) is 3.03. The van der Waals surface area contributed by atoms with Gasteiger partial charge < -0.3 is 14.6 Å². The number of imidazole rings is 1. The van der Waals surface area contributed by atoms with Gasteiger partial charge in [-0.2, -0.15) is 0 Å². The summed E-state index contributed by atoms with van der Waals surface area (Å²) in [5.41, 5.74) is 2.70. The Morgan fingerprint density at radius 3 is 2.62 bits per heavy atom. The Morgan fingerprint density at radius 2 is 1.88 bits per heavy atom. The Balaban J connectivity index is 1.74. The molecule has 0 aliphatic heterocycles. The summed E-state index contributed by atoms with van der Waals surface area (Å²) in [4.78, 5) is 17.1. The molecule has 1 amide bonds. The highest BCUT2D eigenvalue weighted by molar-refractivity contribution is 5.94. The van der Waals surface area contributed by atoms with E-state index in [2.05, 4.69) is 22.9 Å². The molecule has 5 nitrogen and oxygen atoms in total. The van der Waals surface area contributed by atoms with Gasteiger partial charge in [0, 0.05) is 12.1 Å². The van der Waals surface area contributed by atoms with Gasteiger partial charge in [0.25, 0.3) is 5.91 Å². The third-order valence-corrected chi connectivity index (χ3v) is 4.48. The fourth-order valence-electron chi connectivity index (χ4n) is 3.03. The van der Waals surface area contributed by atoms with Crippen molar-refractivity contribution in [3.63, 3.8) is 0 Å². The van der Waals surface area contributed by atoms with E-state index in [1.54, 1.807) is 31.4 Å². The van der Waals surface area contributed by atoms with Crippen LogP contribution in [0.25, 0.3) is 11.0 Å². The first-order valence-electron chi connectivity index (χ1n) is 9.09. The number of hydrogen-bond donors (Lipinski definition) is 1. The smallest absolute Gasteiger partial charge is 0.251 e. The van der Waals surface area contributed by atoms with Gasteiger partial charge in [0.1, 0.15) is 11.6 Å². The van der Waals surface area contributed by atoms with Gasteiger partial charge in [0.15, 0.2) is 0 Å². The average molecular weight is 351 g/mol. The number of fused-ring (bicyclic) bond motifs is 1. The molecule has 0 radical (unpaired) electrons. The molecule has 3 rings (SSSR count). The summed E-state index contributed by atoms with van der Waals surface area (Å²) in [6.07, 6.45) is 3.47. The highest BCUT2D eigenvalue weighted by Gasteiger charge is 2.12. The molecule has 0 spiro atoms. The quantitative estimate of drug-likeness (QED) is 0.620. The van der Waals surface area contributed by atoms with E-state index in [4.69, 9.17) is 9.72 Å². The van der Waals surface area contributed by atoms with Gasteiger partial charge in [-0.3, -0.25) is 4.79 Å². The molecule has 0 aliphatic rings. The molecule has 0 atom stereocenters. The summed E-state index contributed by atoms with van der Waals surface area (Å²) >= 11 is 0. The normalized spacial score (nSPS) is 10.8. The van der Waals surface area contributed by atoms with Crippen LogP contribution < -0.4 is 10.1 Å². The first kappa shape index (κ1) is 18.0. The Bertz CT molecular complexity index is 869. The molecule has 0 saturated heterocycles. The molecule has 0 aliphatic carbocycles. The van der Waals surface area contributed by atoms with Crippen LogP contribution in [-0.4, -0.2) is 22.6 Å². The van der Waals surface area contributed by atoms with Crippen LogP contribution in [0, 0.1) is 0 Å². The van der Waals surface area contributed by atoms with Crippen molar-refractivity contribution < 1.29 is 9.53 Å². The average Bonchev–Trinajstić information content (AvgIpc) is 3.04. The van der Waals surface area contributed by atoms with E-state index in [-0.39, 0.29) is 5.91 Å². The number of aromatic nitrogens is 2. The number of amides is 1. The van der Waals surface area contributed by atoms with Gasteiger partial charge in [-0.1, -0.05) is 31.9 Å². The minimum Gasteiger partial charge on any atom is -0.497 e. The summed E-state index contributed by atoms with van der Waals surface area (Å²) < 4.78 is 7.35. The number of nitrogens with zero attached hydrogens (tertiary/aromatic N) is 2. The lowest BCUT2D eigenvalue weighted by Gasteiger charge is -2.10. The second-order valence-electron chi connectivity index (χ2n) is 6.29. The molecule has 2 aromatic carbocycles. The Kier molecular flexibility index (Phi) is 5.89. The molecule has 0 bridgehead atoms. The number of nitrogens with one attached hydrogen (secondary N) is 1. The number of hydrogen-bond acceptors (Lipinski definition) is 3. The standard InChI is InChI=1S/C21H25N3O2/c1-3-4-7-14-24-19-9-6-5-8-18(19)23-20(24)15-22-21(25)16-10-12-17(26-2)13-11-16/h5-6,8-13H,3-4,7,14-15H2,1-2H3,(H,22,25). The third kappa shape index (κ3) is 4.04. The summed E-state index contributed by atoms with van der Waals surface area (Å²) in [5.74, 6) is 1.52. The number of unbranched alkanes of at least 4 members (excludes halogenated alkanes) is 2. The fraction of sp³-hybridized carbons (Fsp3) is 0.333. The molecule has 5 heteroatoms. The molecule has 26 heavy (non-hydrogen) atoms. The molecule has 1 N–H and O–H groups in total. The van der Waals surface area contributed by atoms with E-state index < -0.39 is 0 Å². The summed E-state index contributed by atoms with van der Waals surface area (Å²) in [6.45, 7) is 3.52. The number of methoxy groups -OCH3 is 1. The van der Waals surface area contributed by atoms with Crippen LogP contribution in [0.15, 0.2) is 48.5 Å².